The second-order valence-electron chi connectivity index (χ2n) is 9.37. The molecule has 1 atom stereocenters. The van der Waals surface area contributed by atoms with E-state index in [2.05, 4.69) is 4.99 Å². The van der Waals surface area contributed by atoms with E-state index in [-0.39, 0.29) is 31.8 Å². The van der Waals surface area contributed by atoms with Gasteiger partial charge in [0.2, 0.25) is 8.87 Å². The minimum absolute atomic E-state index is 0.120. The summed E-state index contributed by atoms with van der Waals surface area (Å²) in [7, 11) is -8.40. The first-order chi connectivity index (χ1) is 18.4. The second kappa shape index (κ2) is 10.3. The van der Waals surface area contributed by atoms with E-state index in [9.17, 15) is 39.2 Å². The number of aliphatic imine (C=N–C) groups is 1. The number of anilines is 1. The van der Waals surface area contributed by atoms with Gasteiger partial charge in [0.05, 0.1) is 26.8 Å². The van der Waals surface area contributed by atoms with Crippen LogP contribution in [0.15, 0.2) is 81.5 Å². The van der Waals surface area contributed by atoms with Crippen LogP contribution in [0.4, 0.5) is 23.2 Å². The lowest BCUT2D eigenvalue weighted by atomic mass is 10.0. The van der Waals surface area contributed by atoms with Crippen molar-refractivity contribution in [1.29, 1.82) is 0 Å². The van der Waals surface area contributed by atoms with E-state index in [4.69, 9.17) is 0 Å². The van der Waals surface area contributed by atoms with Crippen LogP contribution in [0, 0.1) is 19.7 Å². The van der Waals surface area contributed by atoms with Gasteiger partial charge in [0, 0.05) is 10.8 Å². The van der Waals surface area contributed by atoms with Gasteiger partial charge in [-0.2, -0.15) is 13.2 Å². The minimum atomic E-state index is -4.78. The Bertz CT molecular complexity index is 1720. The average Bonchev–Trinajstić information content (AvgIpc) is 3.07. The molecule has 0 aliphatic carbocycles. The molecule has 7 nitrogen and oxygen atoms in total. The maximum Gasteiger partial charge on any atom is 0.416 e. The Balaban J connectivity index is 1.82. The molecule has 0 spiro atoms. The number of aryl methyl sites for hydroxylation is 2. The van der Waals surface area contributed by atoms with Crippen molar-refractivity contribution in [3.05, 3.63) is 89.2 Å². The van der Waals surface area contributed by atoms with Crippen molar-refractivity contribution in [2.24, 2.45) is 4.99 Å². The first-order valence-electron chi connectivity index (χ1n) is 11.5. The number of halogens is 4. The Morgan fingerprint density at radius 3 is 2.05 bits per heavy atom. The molecule has 0 N–H and O–H groups in total. The van der Waals surface area contributed by atoms with E-state index >= 15 is 0 Å². The predicted molar refractivity (Wildman–Crippen MR) is 144 cm³/mol. The molecule has 0 saturated carbocycles. The maximum atomic E-state index is 13.7. The van der Waals surface area contributed by atoms with E-state index in [1.807, 2.05) is 0 Å². The number of amidine groups is 1. The predicted octanol–water partition coefficient (Wildman–Crippen LogP) is 5.52. The average molecular weight is 615 g/mol. The van der Waals surface area contributed by atoms with E-state index in [0.717, 1.165) is 42.8 Å². The van der Waals surface area contributed by atoms with Crippen LogP contribution in [-0.2, 0) is 29.7 Å². The molecule has 40 heavy (non-hydrogen) atoms. The summed E-state index contributed by atoms with van der Waals surface area (Å²) in [6, 6.07) is 12.6. The van der Waals surface area contributed by atoms with Crippen LogP contribution < -0.4 is 4.90 Å². The van der Waals surface area contributed by atoms with Crippen molar-refractivity contribution >= 4 is 46.3 Å². The molecule has 0 radical (unpaired) electrons. The summed E-state index contributed by atoms with van der Waals surface area (Å²) >= 11 is 0. The molecule has 212 valence electrons. The van der Waals surface area contributed by atoms with Crippen molar-refractivity contribution in [2.45, 2.75) is 42.3 Å². The molecule has 0 fully saturated rings. The summed E-state index contributed by atoms with van der Waals surface area (Å²) < 4.78 is 107. The van der Waals surface area contributed by atoms with Crippen molar-refractivity contribution in [2.75, 3.05) is 10.7 Å². The van der Waals surface area contributed by atoms with Gasteiger partial charge < -0.3 is 0 Å². The highest BCUT2D eigenvalue weighted by molar-refractivity contribution is 8.78. The zero-order valence-electron chi connectivity index (χ0n) is 21.2. The number of hydrogen-bond donors (Lipinski definition) is 0. The standard InChI is InChI=1S/C26H22F4N2O5S3/c1-16-4-10-21(11-5-16)40(36,37)38-24-31-25(3,15-39(34,35)20-12-7-18(27)8-13-20)23(33)32(24)19-9-6-17(2)22(14-19)26(28,29)30/h4-14H,15H2,1-3H3/t25-/m1/s1. The zero-order valence-corrected chi connectivity index (χ0v) is 23.7. The summed E-state index contributed by atoms with van der Waals surface area (Å²) in [5.74, 6) is -2.68. The zero-order chi connectivity index (χ0) is 29.7. The Labute approximate surface area is 232 Å². The van der Waals surface area contributed by atoms with Crippen LogP contribution in [0.1, 0.15) is 23.6 Å². The fraction of sp³-hybridized carbons (Fsp3) is 0.231. The number of amides is 1. The molecule has 0 aromatic heterocycles. The van der Waals surface area contributed by atoms with Gasteiger partial charge in [-0.15, -0.1) is 0 Å². The quantitative estimate of drug-likeness (QED) is 0.206. The van der Waals surface area contributed by atoms with Gasteiger partial charge in [0.15, 0.2) is 20.5 Å². The van der Waals surface area contributed by atoms with Gasteiger partial charge in [-0.3, -0.25) is 9.69 Å². The van der Waals surface area contributed by atoms with Gasteiger partial charge in [-0.05, 0) is 74.9 Å². The highest BCUT2D eigenvalue weighted by atomic mass is 33.1. The molecule has 1 heterocycles. The lowest BCUT2D eigenvalue weighted by Gasteiger charge is -2.24. The monoisotopic (exact) mass is 614 g/mol. The van der Waals surface area contributed by atoms with Crippen LogP contribution >= 0.6 is 10.8 Å². The van der Waals surface area contributed by atoms with Crippen molar-refractivity contribution in [1.82, 2.24) is 0 Å². The Morgan fingerprint density at radius 2 is 1.48 bits per heavy atom. The van der Waals surface area contributed by atoms with Crippen LogP contribution in [-0.4, -0.2) is 39.2 Å². The number of rotatable bonds is 6. The van der Waals surface area contributed by atoms with Gasteiger partial charge in [-0.1, -0.05) is 23.8 Å². The lowest BCUT2D eigenvalue weighted by Crippen LogP contribution is -2.45. The van der Waals surface area contributed by atoms with E-state index in [1.165, 1.54) is 25.1 Å². The van der Waals surface area contributed by atoms with Gasteiger partial charge in [-0.25, -0.2) is 26.2 Å². The number of carbonyl (C=O) groups excluding carboxylic acids is 1. The summed E-state index contributed by atoms with van der Waals surface area (Å²) in [5.41, 5.74) is -2.87. The first kappa shape index (κ1) is 29.7. The van der Waals surface area contributed by atoms with Crippen molar-refractivity contribution in [3.8, 4) is 0 Å². The number of nitrogens with zero attached hydrogens (tertiary/aromatic N) is 2. The topological polar surface area (TPSA) is 101 Å². The smallest absolute Gasteiger partial charge is 0.271 e. The largest absolute Gasteiger partial charge is 0.416 e. The molecule has 0 saturated heterocycles. The molecule has 1 amide bonds. The number of carbonyl (C=O) groups is 1. The maximum absolute atomic E-state index is 13.7. The second-order valence-corrected chi connectivity index (χ2v) is 15.1. The third kappa shape index (κ3) is 5.93. The van der Waals surface area contributed by atoms with Crippen molar-refractivity contribution in [3.63, 3.8) is 0 Å². The van der Waals surface area contributed by atoms with E-state index < -0.39 is 58.6 Å². The fourth-order valence-electron chi connectivity index (χ4n) is 4.02. The fourth-order valence-corrected chi connectivity index (χ4v) is 8.47. The summed E-state index contributed by atoms with van der Waals surface area (Å²) in [4.78, 5) is 18.1. The van der Waals surface area contributed by atoms with Crippen LogP contribution in [0.25, 0.3) is 0 Å². The molecule has 3 aromatic rings. The third-order valence-corrected chi connectivity index (χ3v) is 11.2. The van der Waals surface area contributed by atoms with Gasteiger partial charge >= 0.3 is 6.18 Å². The Hall–Kier alpha value is -3.23. The van der Waals surface area contributed by atoms with E-state index in [0.29, 0.717) is 11.0 Å². The minimum Gasteiger partial charge on any atom is -0.271 e. The van der Waals surface area contributed by atoms with Gasteiger partial charge in [0.1, 0.15) is 5.82 Å². The summed E-state index contributed by atoms with van der Waals surface area (Å²) in [6.45, 7) is 4.12. The summed E-state index contributed by atoms with van der Waals surface area (Å²) in [6.07, 6.45) is -4.78. The molecule has 1 aliphatic heterocycles. The number of sulfone groups is 1. The van der Waals surface area contributed by atoms with E-state index in [1.54, 1.807) is 19.1 Å². The van der Waals surface area contributed by atoms with Crippen LogP contribution in [0.5, 0.6) is 0 Å². The molecule has 4 rings (SSSR count). The molecule has 0 bridgehead atoms. The normalized spacial score (nSPS) is 18.2. The highest BCUT2D eigenvalue weighted by Crippen LogP contribution is 2.40. The Morgan fingerprint density at radius 1 is 0.900 bits per heavy atom. The number of alkyl halides is 3. The number of benzene rings is 3. The first-order valence-corrected chi connectivity index (χ1v) is 16.0. The molecular weight excluding hydrogens is 592 g/mol. The number of hydrogen-bond acceptors (Lipinski definition) is 7. The summed E-state index contributed by atoms with van der Waals surface area (Å²) in [5, 5.41) is -0.514. The highest BCUT2D eigenvalue weighted by Gasteiger charge is 2.50. The molecule has 0 unspecified atom stereocenters. The third-order valence-electron chi connectivity index (χ3n) is 6.12. The molecule has 3 aromatic carbocycles. The lowest BCUT2D eigenvalue weighted by molar-refractivity contribution is -0.138. The molecular formula is C26H22F4N2O5S3. The van der Waals surface area contributed by atoms with Crippen LogP contribution in [0.3, 0.4) is 0 Å². The van der Waals surface area contributed by atoms with Crippen molar-refractivity contribution < 1.29 is 39.2 Å². The van der Waals surface area contributed by atoms with Gasteiger partial charge in [0.25, 0.3) is 5.91 Å². The molecule has 14 heteroatoms. The van der Waals surface area contributed by atoms with Crippen LogP contribution in [0.2, 0.25) is 0 Å². The Kier molecular flexibility index (Phi) is 7.67. The SMILES string of the molecule is Cc1ccc(S(=O)(=O)SC2=N[C@](C)(CS(=O)(=O)c3ccc(F)cc3)C(=O)N2c2ccc(C)c(C(F)(F)F)c2)cc1. The molecule has 1 aliphatic rings.